The fourth-order valence-electron chi connectivity index (χ4n) is 3.10. The van der Waals surface area contributed by atoms with Gasteiger partial charge < -0.3 is 19.1 Å². The third-order valence-electron chi connectivity index (χ3n) is 4.78. The van der Waals surface area contributed by atoms with Gasteiger partial charge in [-0.15, -0.1) is 24.8 Å². The quantitative estimate of drug-likeness (QED) is 0.503. The van der Waals surface area contributed by atoms with Gasteiger partial charge in [0.1, 0.15) is 5.75 Å². The lowest BCUT2D eigenvalue weighted by Gasteiger charge is -2.32. The first kappa shape index (κ1) is 25.0. The molecule has 6 nitrogen and oxygen atoms in total. The van der Waals surface area contributed by atoms with Crippen molar-refractivity contribution in [2.75, 3.05) is 47.4 Å². The molecule has 1 aliphatic rings. The van der Waals surface area contributed by atoms with Crippen LogP contribution in [0.1, 0.15) is 15.9 Å². The maximum absolute atomic E-state index is 12.6. The molecule has 29 heavy (non-hydrogen) atoms. The number of nitrogens with zero attached hydrogens (tertiary/aromatic N) is 2. The fourth-order valence-corrected chi connectivity index (χ4v) is 3.10. The Morgan fingerprint density at radius 2 is 1.55 bits per heavy atom. The van der Waals surface area contributed by atoms with Crippen molar-refractivity contribution in [3.8, 4) is 17.2 Å². The van der Waals surface area contributed by atoms with E-state index in [4.69, 9.17) is 14.2 Å². The minimum absolute atomic E-state index is 0. The molecule has 0 atom stereocenters. The Bertz CT molecular complexity index is 796. The smallest absolute Gasteiger partial charge is 0.343 e. The van der Waals surface area contributed by atoms with Crippen LogP contribution in [0, 0.1) is 0 Å². The van der Waals surface area contributed by atoms with Gasteiger partial charge in [-0.05, 0) is 31.3 Å². The molecule has 0 unspecified atom stereocenters. The van der Waals surface area contributed by atoms with Crippen molar-refractivity contribution in [3.05, 3.63) is 53.6 Å². The van der Waals surface area contributed by atoms with Gasteiger partial charge >= 0.3 is 5.97 Å². The topological polar surface area (TPSA) is 51.2 Å². The Balaban J connectivity index is 0.00000210. The number of methoxy groups -OCH3 is 2. The van der Waals surface area contributed by atoms with Crippen molar-refractivity contribution in [1.29, 1.82) is 0 Å². The van der Waals surface area contributed by atoms with E-state index in [1.54, 1.807) is 25.3 Å². The maximum atomic E-state index is 12.6. The SMILES string of the molecule is COc1ccc(C(=O)Oc2ccccc2CN2CCN(C)CC2)cc1OC.Cl.Cl. The highest BCUT2D eigenvalue weighted by Gasteiger charge is 2.18. The lowest BCUT2D eigenvalue weighted by Crippen LogP contribution is -2.43. The van der Waals surface area contributed by atoms with Crippen LogP contribution in [0.25, 0.3) is 0 Å². The van der Waals surface area contributed by atoms with Crippen LogP contribution in [0.15, 0.2) is 42.5 Å². The van der Waals surface area contributed by atoms with Gasteiger partial charge in [-0.1, -0.05) is 18.2 Å². The standard InChI is InChI=1S/C21H26N2O4.2ClH/c1-22-10-12-23(13-11-22)15-17-6-4-5-7-18(17)27-21(24)16-8-9-19(25-2)20(14-16)26-3;;/h4-9,14H,10-13,15H2,1-3H3;2*1H. The Morgan fingerprint density at radius 1 is 0.897 bits per heavy atom. The van der Waals surface area contributed by atoms with Crippen LogP contribution in [0.2, 0.25) is 0 Å². The summed E-state index contributed by atoms with van der Waals surface area (Å²) >= 11 is 0. The second-order valence-electron chi connectivity index (χ2n) is 6.65. The van der Waals surface area contributed by atoms with Crippen LogP contribution in [0.4, 0.5) is 0 Å². The maximum Gasteiger partial charge on any atom is 0.343 e. The highest BCUT2D eigenvalue weighted by molar-refractivity contribution is 5.92. The summed E-state index contributed by atoms with van der Waals surface area (Å²) in [5.74, 6) is 1.25. The summed E-state index contributed by atoms with van der Waals surface area (Å²) in [5.41, 5.74) is 1.43. The van der Waals surface area contributed by atoms with Crippen LogP contribution in [0.3, 0.4) is 0 Å². The summed E-state index contributed by atoms with van der Waals surface area (Å²) in [6.45, 7) is 4.88. The van der Waals surface area contributed by atoms with E-state index in [0.717, 1.165) is 38.3 Å². The van der Waals surface area contributed by atoms with Crippen molar-refractivity contribution < 1.29 is 19.0 Å². The average Bonchev–Trinajstić information content (AvgIpc) is 2.70. The van der Waals surface area contributed by atoms with Crippen molar-refractivity contribution >= 4 is 30.8 Å². The molecule has 1 saturated heterocycles. The summed E-state index contributed by atoms with van der Waals surface area (Å²) in [5, 5.41) is 0. The van der Waals surface area contributed by atoms with E-state index in [9.17, 15) is 4.79 Å². The largest absolute Gasteiger partial charge is 0.493 e. The third-order valence-corrected chi connectivity index (χ3v) is 4.78. The van der Waals surface area contributed by atoms with Crippen molar-refractivity contribution in [3.63, 3.8) is 0 Å². The minimum atomic E-state index is -0.415. The molecule has 2 aromatic carbocycles. The zero-order valence-corrected chi connectivity index (χ0v) is 18.6. The van der Waals surface area contributed by atoms with Gasteiger partial charge in [-0.2, -0.15) is 0 Å². The van der Waals surface area contributed by atoms with Crippen molar-refractivity contribution in [1.82, 2.24) is 9.80 Å². The number of benzene rings is 2. The van der Waals surface area contributed by atoms with Gasteiger partial charge in [0.2, 0.25) is 0 Å². The molecule has 3 rings (SSSR count). The number of esters is 1. The van der Waals surface area contributed by atoms with Gasteiger partial charge in [-0.3, -0.25) is 4.90 Å². The number of ether oxygens (including phenoxy) is 3. The summed E-state index contributed by atoms with van der Waals surface area (Å²) in [6, 6.07) is 12.7. The number of carbonyl (C=O) groups is 1. The Morgan fingerprint density at radius 3 is 2.21 bits per heavy atom. The summed E-state index contributed by atoms with van der Waals surface area (Å²) in [4.78, 5) is 17.3. The zero-order chi connectivity index (χ0) is 19.2. The van der Waals surface area contributed by atoms with Crippen LogP contribution in [-0.4, -0.2) is 63.2 Å². The Labute approximate surface area is 184 Å². The second-order valence-corrected chi connectivity index (χ2v) is 6.65. The molecule has 0 aromatic heterocycles. The molecule has 0 radical (unpaired) electrons. The summed E-state index contributed by atoms with van der Waals surface area (Å²) < 4.78 is 16.2. The number of piperazine rings is 1. The van der Waals surface area contributed by atoms with Gasteiger partial charge in [0, 0.05) is 38.3 Å². The summed E-state index contributed by atoms with van der Waals surface area (Å²) in [7, 11) is 5.24. The van der Waals surface area contributed by atoms with Crippen LogP contribution in [0.5, 0.6) is 17.2 Å². The molecule has 1 fully saturated rings. The Kier molecular flexibility index (Phi) is 10.3. The van der Waals surface area contributed by atoms with Crippen LogP contribution >= 0.6 is 24.8 Å². The molecule has 0 amide bonds. The van der Waals surface area contributed by atoms with Gasteiger partial charge in [0.05, 0.1) is 19.8 Å². The number of likely N-dealkylation sites (N-methyl/N-ethyl adjacent to an activating group) is 1. The Hall–Kier alpha value is -1.99. The molecular weight excluding hydrogens is 415 g/mol. The lowest BCUT2D eigenvalue weighted by molar-refractivity contribution is 0.0729. The molecule has 160 valence electrons. The minimum Gasteiger partial charge on any atom is -0.493 e. The highest BCUT2D eigenvalue weighted by Crippen LogP contribution is 2.28. The monoisotopic (exact) mass is 442 g/mol. The van der Waals surface area contributed by atoms with Crippen LogP contribution in [-0.2, 0) is 6.54 Å². The molecule has 1 heterocycles. The molecule has 0 saturated carbocycles. The molecule has 0 bridgehead atoms. The first-order valence-corrected chi connectivity index (χ1v) is 9.03. The van der Waals surface area contributed by atoms with Gasteiger partial charge in [-0.25, -0.2) is 4.79 Å². The first-order chi connectivity index (χ1) is 13.1. The second kappa shape index (κ2) is 11.9. The van der Waals surface area contributed by atoms with Gasteiger partial charge in [0.25, 0.3) is 0 Å². The van der Waals surface area contributed by atoms with Crippen molar-refractivity contribution in [2.24, 2.45) is 0 Å². The number of rotatable bonds is 6. The molecular formula is C21H28Cl2N2O4. The van der Waals surface area contributed by atoms with E-state index in [2.05, 4.69) is 16.8 Å². The van der Waals surface area contributed by atoms with E-state index in [1.807, 2.05) is 24.3 Å². The van der Waals surface area contributed by atoms with Crippen LogP contribution < -0.4 is 14.2 Å². The number of hydrogen-bond donors (Lipinski definition) is 0. The normalized spacial score (nSPS) is 14.3. The van der Waals surface area contributed by atoms with E-state index >= 15 is 0 Å². The molecule has 8 heteroatoms. The average molecular weight is 443 g/mol. The van der Waals surface area contributed by atoms with Gasteiger partial charge in [0.15, 0.2) is 11.5 Å². The van der Waals surface area contributed by atoms with E-state index in [0.29, 0.717) is 22.8 Å². The molecule has 0 spiro atoms. The zero-order valence-electron chi connectivity index (χ0n) is 16.9. The molecule has 2 aromatic rings. The number of halogens is 2. The molecule has 0 aliphatic carbocycles. The molecule has 1 aliphatic heterocycles. The number of hydrogen-bond acceptors (Lipinski definition) is 6. The number of para-hydroxylation sites is 1. The van der Waals surface area contributed by atoms with E-state index in [-0.39, 0.29) is 24.8 Å². The summed E-state index contributed by atoms with van der Waals surface area (Å²) in [6.07, 6.45) is 0. The number of carbonyl (C=O) groups excluding carboxylic acids is 1. The highest BCUT2D eigenvalue weighted by atomic mass is 35.5. The van der Waals surface area contributed by atoms with Crippen molar-refractivity contribution in [2.45, 2.75) is 6.54 Å². The first-order valence-electron chi connectivity index (χ1n) is 9.03. The van der Waals surface area contributed by atoms with E-state index in [1.165, 1.54) is 7.11 Å². The molecule has 0 N–H and O–H groups in total. The van der Waals surface area contributed by atoms with E-state index < -0.39 is 5.97 Å². The predicted molar refractivity (Wildman–Crippen MR) is 118 cm³/mol. The fraction of sp³-hybridized carbons (Fsp3) is 0.381. The lowest BCUT2D eigenvalue weighted by atomic mass is 10.1. The predicted octanol–water partition coefficient (Wildman–Crippen LogP) is 3.51. The third kappa shape index (κ3) is 6.51.